The summed E-state index contributed by atoms with van der Waals surface area (Å²) < 4.78 is 28.9. The van der Waals surface area contributed by atoms with Crippen LogP contribution < -0.4 is 15.8 Å². The van der Waals surface area contributed by atoms with Crippen molar-refractivity contribution >= 4 is 22.5 Å². The number of hydrogen-bond donors (Lipinski definition) is 1. The van der Waals surface area contributed by atoms with E-state index in [1.807, 2.05) is 26.0 Å². The van der Waals surface area contributed by atoms with Crippen LogP contribution in [0.3, 0.4) is 0 Å². The van der Waals surface area contributed by atoms with Crippen LogP contribution in [0.5, 0.6) is 0 Å². The summed E-state index contributed by atoms with van der Waals surface area (Å²) in [4.78, 5) is 35.8. The second-order valence-electron chi connectivity index (χ2n) is 9.65. The number of nitrogens with one attached hydrogen (secondary N) is 1. The lowest BCUT2D eigenvalue weighted by molar-refractivity contribution is -0.122. The molecule has 6 rings (SSSR count). The number of nitrogens with zero attached hydrogens (tertiary/aromatic N) is 4. The molecule has 4 heterocycles. The third kappa shape index (κ3) is 4.65. The molecule has 184 valence electrons. The van der Waals surface area contributed by atoms with Gasteiger partial charge in [0, 0.05) is 49.5 Å². The van der Waals surface area contributed by atoms with Crippen molar-refractivity contribution in [2.45, 2.75) is 45.3 Å². The molecule has 7 nitrogen and oxygen atoms in total. The number of benzene rings is 2. The maximum absolute atomic E-state index is 14.0. The smallest absolute Gasteiger partial charge is 0.262 e. The molecule has 3 saturated heterocycles. The highest BCUT2D eigenvalue weighted by atomic mass is 19.2. The molecule has 3 aromatic rings. The van der Waals surface area contributed by atoms with Gasteiger partial charge in [-0.05, 0) is 63.1 Å². The Bertz CT molecular complexity index is 1330. The molecule has 1 aromatic heterocycles. The highest BCUT2D eigenvalue weighted by Gasteiger charge is 2.29. The molecule has 0 saturated carbocycles. The first-order valence-corrected chi connectivity index (χ1v) is 12.1. The summed E-state index contributed by atoms with van der Waals surface area (Å²) in [5, 5.41) is 3.17. The van der Waals surface area contributed by atoms with E-state index in [4.69, 9.17) is 0 Å². The summed E-state index contributed by atoms with van der Waals surface area (Å²) in [7, 11) is 0. The summed E-state index contributed by atoms with van der Waals surface area (Å²) in [6.07, 6.45) is 2.18. The minimum absolute atomic E-state index is 0.112. The molecule has 0 spiro atoms. The molecule has 0 unspecified atom stereocenters. The van der Waals surface area contributed by atoms with Gasteiger partial charge < -0.3 is 15.1 Å². The summed E-state index contributed by atoms with van der Waals surface area (Å²) >= 11 is 0. The predicted octanol–water partition coefficient (Wildman–Crippen LogP) is 3.15. The summed E-state index contributed by atoms with van der Waals surface area (Å²) in [5.74, 6) is -2.28. The lowest BCUT2D eigenvalue weighted by Crippen LogP contribution is -2.38. The first-order valence-electron chi connectivity index (χ1n) is 12.1. The number of carbonyl (C=O) groups is 1. The molecule has 2 bridgehead atoms. The van der Waals surface area contributed by atoms with E-state index in [0.717, 1.165) is 56.8 Å². The SMILES string of the molecule is CC(C)NC(=O)Cn1c(-c2ccc(F)c(F)c2)nc2ccc(N3CCN4CCC3CC4)cc2c1=O. The fourth-order valence-corrected chi connectivity index (χ4v) is 5.13. The van der Waals surface area contributed by atoms with E-state index >= 15 is 0 Å². The lowest BCUT2D eigenvalue weighted by atomic mass is 10.0. The summed E-state index contributed by atoms with van der Waals surface area (Å²) in [6, 6.07) is 9.28. The van der Waals surface area contributed by atoms with Crippen molar-refractivity contribution in [3.63, 3.8) is 0 Å². The molecular weight excluding hydrogens is 452 g/mol. The first kappa shape index (κ1) is 23.4. The van der Waals surface area contributed by atoms with Crippen LogP contribution in [0.4, 0.5) is 14.5 Å². The minimum Gasteiger partial charge on any atom is -0.367 e. The Morgan fingerprint density at radius 1 is 1.06 bits per heavy atom. The molecule has 3 aliphatic heterocycles. The zero-order chi connectivity index (χ0) is 24.7. The minimum atomic E-state index is -1.04. The number of carbonyl (C=O) groups excluding carboxylic acids is 1. The molecule has 35 heavy (non-hydrogen) atoms. The molecule has 1 N–H and O–H groups in total. The van der Waals surface area contributed by atoms with Gasteiger partial charge in [0.2, 0.25) is 5.91 Å². The Kier molecular flexibility index (Phi) is 6.27. The highest BCUT2D eigenvalue weighted by molar-refractivity contribution is 5.84. The Morgan fingerprint density at radius 3 is 2.54 bits per heavy atom. The van der Waals surface area contributed by atoms with Gasteiger partial charge in [0.05, 0.1) is 10.9 Å². The van der Waals surface area contributed by atoms with Crippen molar-refractivity contribution in [2.24, 2.45) is 0 Å². The third-order valence-electron chi connectivity index (χ3n) is 6.85. The van der Waals surface area contributed by atoms with Crippen LogP contribution >= 0.6 is 0 Å². The van der Waals surface area contributed by atoms with E-state index < -0.39 is 17.2 Å². The Hall–Kier alpha value is -3.33. The number of halogens is 2. The fourth-order valence-electron chi connectivity index (χ4n) is 5.13. The van der Waals surface area contributed by atoms with Gasteiger partial charge in [0.25, 0.3) is 5.56 Å². The average Bonchev–Trinajstić information content (AvgIpc) is 3.16. The fraction of sp³-hybridized carbons (Fsp3) is 0.423. The van der Waals surface area contributed by atoms with Crippen LogP contribution in [-0.2, 0) is 11.3 Å². The number of aromatic nitrogens is 2. The second-order valence-corrected chi connectivity index (χ2v) is 9.65. The average molecular weight is 482 g/mol. The largest absolute Gasteiger partial charge is 0.367 e. The Balaban J connectivity index is 1.63. The molecule has 0 radical (unpaired) electrons. The van der Waals surface area contributed by atoms with Gasteiger partial charge in [-0.2, -0.15) is 0 Å². The van der Waals surface area contributed by atoms with Crippen LogP contribution in [0.1, 0.15) is 26.7 Å². The molecule has 3 aliphatic rings. The van der Waals surface area contributed by atoms with Gasteiger partial charge in [0.15, 0.2) is 11.6 Å². The van der Waals surface area contributed by atoms with E-state index in [9.17, 15) is 18.4 Å². The zero-order valence-electron chi connectivity index (χ0n) is 19.9. The highest BCUT2D eigenvalue weighted by Crippen LogP contribution is 2.29. The van der Waals surface area contributed by atoms with Crippen molar-refractivity contribution < 1.29 is 13.6 Å². The molecule has 1 amide bonds. The zero-order valence-corrected chi connectivity index (χ0v) is 19.9. The van der Waals surface area contributed by atoms with Gasteiger partial charge in [-0.3, -0.25) is 14.2 Å². The second kappa shape index (κ2) is 9.37. The van der Waals surface area contributed by atoms with E-state index in [2.05, 4.69) is 20.1 Å². The van der Waals surface area contributed by atoms with Crippen molar-refractivity contribution in [1.29, 1.82) is 0 Å². The molecule has 0 atom stereocenters. The van der Waals surface area contributed by atoms with Crippen LogP contribution in [0.15, 0.2) is 41.2 Å². The molecule has 2 aromatic carbocycles. The predicted molar refractivity (Wildman–Crippen MR) is 131 cm³/mol. The van der Waals surface area contributed by atoms with Gasteiger partial charge in [-0.25, -0.2) is 13.8 Å². The quantitative estimate of drug-likeness (QED) is 0.606. The maximum atomic E-state index is 14.0. The monoisotopic (exact) mass is 481 g/mol. The molecule has 3 fully saturated rings. The number of amides is 1. The van der Waals surface area contributed by atoms with Crippen molar-refractivity contribution in [2.75, 3.05) is 31.1 Å². The third-order valence-corrected chi connectivity index (χ3v) is 6.85. The van der Waals surface area contributed by atoms with Crippen LogP contribution in [0.2, 0.25) is 0 Å². The normalized spacial score (nSPS) is 19.9. The van der Waals surface area contributed by atoms with Crippen LogP contribution in [-0.4, -0.2) is 58.6 Å². The van der Waals surface area contributed by atoms with Crippen molar-refractivity contribution in [3.8, 4) is 11.4 Å². The Morgan fingerprint density at radius 2 is 1.83 bits per heavy atom. The van der Waals surface area contributed by atoms with E-state index in [1.54, 1.807) is 6.07 Å². The summed E-state index contributed by atoms with van der Waals surface area (Å²) in [5.41, 5.74) is 1.24. The van der Waals surface area contributed by atoms with Crippen molar-refractivity contribution in [1.82, 2.24) is 19.8 Å². The van der Waals surface area contributed by atoms with Crippen LogP contribution in [0, 0.1) is 11.6 Å². The number of rotatable bonds is 5. The molecular formula is C26H29F2N5O2. The first-order chi connectivity index (χ1) is 16.8. The summed E-state index contributed by atoms with van der Waals surface area (Å²) in [6.45, 7) is 7.43. The Labute approximate surface area is 202 Å². The number of piperidine rings is 1. The maximum Gasteiger partial charge on any atom is 0.262 e. The molecule has 9 heteroatoms. The van der Waals surface area contributed by atoms with Gasteiger partial charge in [-0.15, -0.1) is 0 Å². The van der Waals surface area contributed by atoms with E-state index in [0.29, 0.717) is 16.9 Å². The topological polar surface area (TPSA) is 70.5 Å². The van der Waals surface area contributed by atoms with Crippen molar-refractivity contribution in [3.05, 3.63) is 58.4 Å². The van der Waals surface area contributed by atoms with E-state index in [1.165, 1.54) is 10.6 Å². The number of anilines is 1. The number of hydrogen-bond acceptors (Lipinski definition) is 5. The van der Waals surface area contributed by atoms with Gasteiger partial charge in [0.1, 0.15) is 12.4 Å². The lowest BCUT2D eigenvalue weighted by Gasteiger charge is -2.33. The number of fused-ring (bicyclic) bond motifs is 5. The van der Waals surface area contributed by atoms with Gasteiger partial charge >= 0.3 is 0 Å². The molecule has 0 aliphatic carbocycles. The van der Waals surface area contributed by atoms with Crippen LogP contribution in [0.25, 0.3) is 22.3 Å². The standard InChI is InChI=1S/C26H29F2N5O2/c1-16(2)29-24(34)15-33-25(17-3-5-21(27)22(28)13-17)30-23-6-4-19(14-20(23)26(33)35)32-12-11-31-9-7-18(32)8-10-31/h3-6,13-14,16,18H,7-12,15H2,1-2H3,(H,29,34). The van der Waals surface area contributed by atoms with Gasteiger partial charge in [-0.1, -0.05) is 0 Å². The van der Waals surface area contributed by atoms with E-state index in [-0.39, 0.29) is 29.9 Å².